The van der Waals surface area contributed by atoms with E-state index in [4.69, 9.17) is 5.73 Å². The number of amides is 1. The second-order valence-corrected chi connectivity index (χ2v) is 6.05. The van der Waals surface area contributed by atoms with Gasteiger partial charge in [-0.1, -0.05) is 32.9 Å². The van der Waals surface area contributed by atoms with Crippen LogP contribution in [0.2, 0.25) is 0 Å². The van der Waals surface area contributed by atoms with Crippen LogP contribution in [0, 0.1) is 15.5 Å². The van der Waals surface area contributed by atoms with Gasteiger partial charge in [0.2, 0.25) is 5.91 Å². The summed E-state index contributed by atoms with van der Waals surface area (Å²) < 4.78 is 0. The van der Waals surface area contributed by atoms with E-state index in [-0.39, 0.29) is 35.2 Å². The minimum atomic E-state index is -0.523. The standard InChI is InChI=1S/C14H21N3O3/c1-14(2,3)9-10(15)8-13(18)16-11-6-4-5-7-12(11)17(19)20/h4-7,10H,8-9,15H2,1-3H3,(H,16,18). The Hall–Kier alpha value is -1.95. The lowest BCUT2D eigenvalue weighted by Gasteiger charge is -2.22. The van der Waals surface area contributed by atoms with Gasteiger partial charge in [0.05, 0.1) is 4.92 Å². The average molecular weight is 279 g/mol. The quantitative estimate of drug-likeness (QED) is 0.639. The molecule has 0 fully saturated rings. The summed E-state index contributed by atoms with van der Waals surface area (Å²) in [7, 11) is 0. The van der Waals surface area contributed by atoms with Crippen molar-refractivity contribution in [2.45, 2.75) is 39.7 Å². The molecule has 0 heterocycles. The van der Waals surface area contributed by atoms with Crippen molar-refractivity contribution in [3.8, 4) is 0 Å². The average Bonchev–Trinajstić information content (AvgIpc) is 2.26. The molecule has 0 spiro atoms. The first-order valence-corrected chi connectivity index (χ1v) is 6.48. The Morgan fingerprint density at radius 2 is 2.00 bits per heavy atom. The van der Waals surface area contributed by atoms with Crippen LogP contribution in [-0.4, -0.2) is 16.9 Å². The second kappa shape index (κ2) is 6.47. The smallest absolute Gasteiger partial charge is 0.292 e. The first-order valence-electron chi connectivity index (χ1n) is 6.48. The number of carbonyl (C=O) groups is 1. The van der Waals surface area contributed by atoms with Gasteiger partial charge >= 0.3 is 0 Å². The molecule has 0 aliphatic heterocycles. The van der Waals surface area contributed by atoms with Crippen LogP contribution in [0.5, 0.6) is 0 Å². The summed E-state index contributed by atoms with van der Waals surface area (Å²) in [6, 6.07) is 5.78. The molecule has 0 saturated carbocycles. The molecule has 1 rings (SSSR count). The van der Waals surface area contributed by atoms with Crippen LogP contribution in [0.1, 0.15) is 33.6 Å². The molecule has 1 aromatic carbocycles. The third-order valence-corrected chi connectivity index (χ3v) is 2.70. The predicted molar refractivity (Wildman–Crippen MR) is 78.4 cm³/mol. The number of nitrogens with zero attached hydrogens (tertiary/aromatic N) is 1. The highest BCUT2D eigenvalue weighted by atomic mass is 16.6. The number of hydrogen-bond acceptors (Lipinski definition) is 4. The van der Waals surface area contributed by atoms with Gasteiger partial charge in [-0.05, 0) is 17.9 Å². The van der Waals surface area contributed by atoms with E-state index in [1.54, 1.807) is 12.1 Å². The molecule has 6 nitrogen and oxygen atoms in total. The van der Waals surface area contributed by atoms with E-state index >= 15 is 0 Å². The van der Waals surface area contributed by atoms with Crippen LogP contribution in [0.3, 0.4) is 0 Å². The zero-order chi connectivity index (χ0) is 15.3. The van der Waals surface area contributed by atoms with E-state index in [1.807, 2.05) is 20.8 Å². The Kier molecular flexibility index (Phi) is 5.21. The molecule has 3 N–H and O–H groups in total. The van der Waals surface area contributed by atoms with Gasteiger partial charge in [0.25, 0.3) is 5.69 Å². The minimum Gasteiger partial charge on any atom is -0.327 e. The molecule has 1 atom stereocenters. The lowest BCUT2D eigenvalue weighted by molar-refractivity contribution is -0.383. The number of rotatable bonds is 5. The Labute approximate surface area is 118 Å². The van der Waals surface area contributed by atoms with E-state index < -0.39 is 4.92 Å². The number of nitro groups is 1. The van der Waals surface area contributed by atoms with Crippen molar-refractivity contribution in [2.75, 3.05) is 5.32 Å². The molecule has 0 aliphatic carbocycles. The number of hydrogen-bond donors (Lipinski definition) is 2. The molecule has 20 heavy (non-hydrogen) atoms. The van der Waals surface area contributed by atoms with E-state index in [1.165, 1.54) is 12.1 Å². The first-order chi connectivity index (χ1) is 9.19. The molecule has 1 amide bonds. The van der Waals surface area contributed by atoms with Crippen LogP contribution in [0.25, 0.3) is 0 Å². The van der Waals surface area contributed by atoms with Crippen molar-refractivity contribution in [3.05, 3.63) is 34.4 Å². The van der Waals surface area contributed by atoms with Crippen LogP contribution >= 0.6 is 0 Å². The van der Waals surface area contributed by atoms with Gasteiger partial charge < -0.3 is 11.1 Å². The van der Waals surface area contributed by atoms with Gasteiger partial charge in [-0.25, -0.2) is 0 Å². The Balaban J connectivity index is 2.66. The maximum atomic E-state index is 11.9. The molecule has 6 heteroatoms. The van der Waals surface area contributed by atoms with Gasteiger partial charge in [0, 0.05) is 18.5 Å². The molecule has 0 radical (unpaired) electrons. The minimum absolute atomic E-state index is 0.0401. The molecular formula is C14H21N3O3. The fourth-order valence-electron chi connectivity index (χ4n) is 2.04. The zero-order valence-electron chi connectivity index (χ0n) is 12.1. The second-order valence-electron chi connectivity index (χ2n) is 6.05. The largest absolute Gasteiger partial charge is 0.327 e. The van der Waals surface area contributed by atoms with E-state index in [0.29, 0.717) is 6.42 Å². The topological polar surface area (TPSA) is 98.3 Å². The van der Waals surface area contributed by atoms with Crippen molar-refractivity contribution in [1.82, 2.24) is 0 Å². The third-order valence-electron chi connectivity index (χ3n) is 2.70. The first kappa shape index (κ1) is 16.1. The number of para-hydroxylation sites is 2. The van der Waals surface area contributed by atoms with Crippen molar-refractivity contribution in [3.63, 3.8) is 0 Å². The summed E-state index contributed by atoms with van der Waals surface area (Å²) in [6.45, 7) is 6.15. The van der Waals surface area contributed by atoms with Crippen LogP contribution < -0.4 is 11.1 Å². The summed E-state index contributed by atoms with van der Waals surface area (Å²) in [5.74, 6) is -0.309. The lowest BCUT2D eigenvalue weighted by atomic mass is 9.87. The fourth-order valence-corrected chi connectivity index (χ4v) is 2.04. The zero-order valence-corrected chi connectivity index (χ0v) is 12.1. The van der Waals surface area contributed by atoms with Gasteiger partial charge in [0.1, 0.15) is 5.69 Å². The molecule has 0 aliphatic rings. The van der Waals surface area contributed by atoms with Crippen molar-refractivity contribution in [2.24, 2.45) is 11.1 Å². The molecular weight excluding hydrogens is 258 g/mol. The molecule has 0 saturated heterocycles. The number of nitro benzene ring substituents is 1. The molecule has 1 unspecified atom stereocenters. The normalized spacial score (nSPS) is 12.8. The number of anilines is 1. The SMILES string of the molecule is CC(C)(C)CC(N)CC(=O)Nc1ccccc1[N+](=O)[O-]. The van der Waals surface area contributed by atoms with Crippen LogP contribution in [0.15, 0.2) is 24.3 Å². The summed E-state index contributed by atoms with van der Waals surface area (Å²) >= 11 is 0. The Morgan fingerprint density at radius 1 is 1.40 bits per heavy atom. The highest BCUT2D eigenvalue weighted by Crippen LogP contribution is 2.24. The molecule has 110 valence electrons. The third kappa shape index (κ3) is 5.36. The van der Waals surface area contributed by atoms with Crippen molar-refractivity contribution >= 4 is 17.3 Å². The van der Waals surface area contributed by atoms with Gasteiger partial charge in [-0.15, -0.1) is 0 Å². The summed E-state index contributed by atoms with van der Waals surface area (Å²) in [5, 5.41) is 13.4. The summed E-state index contributed by atoms with van der Waals surface area (Å²) in [6.07, 6.45) is 0.848. The van der Waals surface area contributed by atoms with E-state index in [2.05, 4.69) is 5.32 Å². The highest BCUT2D eigenvalue weighted by molar-refractivity contribution is 5.93. The Bertz CT molecular complexity index is 495. The molecule has 1 aromatic rings. The predicted octanol–water partition coefficient (Wildman–Crippen LogP) is 2.69. The number of nitrogens with one attached hydrogen (secondary N) is 1. The van der Waals surface area contributed by atoms with Gasteiger partial charge in [0.15, 0.2) is 0 Å². The molecule has 0 bridgehead atoms. The number of benzene rings is 1. The van der Waals surface area contributed by atoms with Crippen molar-refractivity contribution < 1.29 is 9.72 Å². The summed E-state index contributed by atoms with van der Waals surface area (Å²) in [4.78, 5) is 22.2. The maximum absolute atomic E-state index is 11.9. The fraction of sp³-hybridized carbons (Fsp3) is 0.500. The monoisotopic (exact) mass is 279 g/mol. The maximum Gasteiger partial charge on any atom is 0.292 e. The van der Waals surface area contributed by atoms with Gasteiger partial charge in [-0.2, -0.15) is 0 Å². The van der Waals surface area contributed by atoms with E-state index in [9.17, 15) is 14.9 Å². The lowest BCUT2D eigenvalue weighted by Crippen LogP contribution is -2.31. The van der Waals surface area contributed by atoms with Crippen LogP contribution in [-0.2, 0) is 4.79 Å². The number of nitrogens with two attached hydrogens (primary N) is 1. The van der Waals surface area contributed by atoms with E-state index in [0.717, 1.165) is 0 Å². The van der Waals surface area contributed by atoms with Crippen LogP contribution in [0.4, 0.5) is 11.4 Å². The molecule has 0 aromatic heterocycles. The Morgan fingerprint density at radius 3 is 2.55 bits per heavy atom. The highest BCUT2D eigenvalue weighted by Gasteiger charge is 2.20. The number of carbonyl (C=O) groups excluding carboxylic acids is 1. The summed E-state index contributed by atoms with van der Waals surface area (Å²) in [5.41, 5.74) is 6.04. The van der Waals surface area contributed by atoms with Gasteiger partial charge in [-0.3, -0.25) is 14.9 Å². The van der Waals surface area contributed by atoms with Crippen molar-refractivity contribution in [1.29, 1.82) is 0 Å².